The Bertz CT molecular complexity index is 346. The molecule has 2 rings (SSSR count). The predicted molar refractivity (Wildman–Crippen MR) is 70.5 cm³/mol. The SMILES string of the molecule is COc1ccccc1C1CCN(CCN)CC1. The molecule has 1 aliphatic rings. The van der Waals surface area contributed by atoms with Crippen molar-refractivity contribution in [3.8, 4) is 5.75 Å². The van der Waals surface area contributed by atoms with Gasteiger partial charge in [-0.2, -0.15) is 0 Å². The molecule has 0 aromatic heterocycles. The molecule has 1 heterocycles. The number of hydrogen-bond donors (Lipinski definition) is 1. The Hall–Kier alpha value is -1.06. The van der Waals surface area contributed by atoms with Gasteiger partial charge in [-0.15, -0.1) is 0 Å². The summed E-state index contributed by atoms with van der Waals surface area (Å²) in [5, 5.41) is 0. The van der Waals surface area contributed by atoms with Crippen molar-refractivity contribution < 1.29 is 4.74 Å². The van der Waals surface area contributed by atoms with Crippen molar-refractivity contribution in [3.05, 3.63) is 29.8 Å². The first kappa shape index (κ1) is 12.4. The standard InChI is InChI=1S/C14H22N2O/c1-17-14-5-3-2-4-13(14)12-6-9-16(10-7-12)11-8-15/h2-5,12H,6-11,15H2,1H3. The van der Waals surface area contributed by atoms with Gasteiger partial charge in [0, 0.05) is 13.1 Å². The number of piperidine rings is 1. The fourth-order valence-electron chi connectivity index (χ4n) is 2.65. The number of nitrogens with zero attached hydrogens (tertiary/aromatic N) is 1. The number of benzene rings is 1. The highest BCUT2D eigenvalue weighted by Gasteiger charge is 2.22. The van der Waals surface area contributed by atoms with Crippen molar-refractivity contribution in [2.24, 2.45) is 5.73 Å². The number of nitrogens with two attached hydrogens (primary N) is 1. The van der Waals surface area contributed by atoms with Crippen molar-refractivity contribution in [1.82, 2.24) is 4.90 Å². The molecular weight excluding hydrogens is 212 g/mol. The van der Waals surface area contributed by atoms with E-state index < -0.39 is 0 Å². The minimum atomic E-state index is 0.639. The Morgan fingerprint density at radius 2 is 2.00 bits per heavy atom. The summed E-state index contributed by atoms with van der Waals surface area (Å²) in [6.45, 7) is 4.10. The molecule has 94 valence electrons. The lowest BCUT2D eigenvalue weighted by Crippen LogP contribution is -2.36. The highest BCUT2D eigenvalue weighted by Crippen LogP contribution is 2.33. The quantitative estimate of drug-likeness (QED) is 0.864. The van der Waals surface area contributed by atoms with Crippen LogP contribution in [0.2, 0.25) is 0 Å². The zero-order valence-corrected chi connectivity index (χ0v) is 10.6. The van der Waals surface area contributed by atoms with Crippen LogP contribution in [0.15, 0.2) is 24.3 Å². The molecule has 0 aliphatic carbocycles. The molecule has 0 atom stereocenters. The Morgan fingerprint density at radius 3 is 2.65 bits per heavy atom. The van der Waals surface area contributed by atoms with Gasteiger partial charge in [0.1, 0.15) is 5.75 Å². The second-order valence-electron chi connectivity index (χ2n) is 4.65. The van der Waals surface area contributed by atoms with Crippen LogP contribution in [-0.4, -0.2) is 38.2 Å². The molecular formula is C14H22N2O. The van der Waals surface area contributed by atoms with Gasteiger partial charge in [-0.3, -0.25) is 0 Å². The van der Waals surface area contributed by atoms with Gasteiger partial charge in [-0.05, 0) is 43.5 Å². The van der Waals surface area contributed by atoms with Crippen LogP contribution in [0.5, 0.6) is 5.75 Å². The molecule has 1 aromatic rings. The summed E-state index contributed by atoms with van der Waals surface area (Å²) in [5.74, 6) is 1.67. The summed E-state index contributed by atoms with van der Waals surface area (Å²) in [6, 6.07) is 8.39. The van der Waals surface area contributed by atoms with Crippen LogP contribution in [0.4, 0.5) is 0 Å². The number of hydrogen-bond acceptors (Lipinski definition) is 3. The van der Waals surface area contributed by atoms with Crippen molar-refractivity contribution >= 4 is 0 Å². The number of ether oxygens (including phenoxy) is 1. The topological polar surface area (TPSA) is 38.5 Å². The third-order valence-corrected chi connectivity index (χ3v) is 3.61. The minimum Gasteiger partial charge on any atom is -0.496 e. The van der Waals surface area contributed by atoms with E-state index in [1.54, 1.807) is 7.11 Å². The van der Waals surface area contributed by atoms with Crippen molar-refractivity contribution in [2.75, 3.05) is 33.3 Å². The van der Waals surface area contributed by atoms with Gasteiger partial charge in [0.15, 0.2) is 0 Å². The fraction of sp³-hybridized carbons (Fsp3) is 0.571. The molecule has 0 bridgehead atoms. The molecule has 0 radical (unpaired) electrons. The molecule has 0 spiro atoms. The van der Waals surface area contributed by atoms with Crippen LogP contribution in [-0.2, 0) is 0 Å². The lowest BCUT2D eigenvalue weighted by atomic mass is 9.89. The van der Waals surface area contributed by atoms with Gasteiger partial charge in [-0.1, -0.05) is 18.2 Å². The highest BCUT2D eigenvalue weighted by molar-refractivity contribution is 5.36. The lowest BCUT2D eigenvalue weighted by Gasteiger charge is -2.32. The smallest absolute Gasteiger partial charge is 0.122 e. The molecule has 0 unspecified atom stereocenters. The first-order valence-electron chi connectivity index (χ1n) is 6.40. The van der Waals surface area contributed by atoms with E-state index >= 15 is 0 Å². The van der Waals surface area contributed by atoms with Crippen molar-refractivity contribution in [1.29, 1.82) is 0 Å². The number of likely N-dealkylation sites (tertiary alicyclic amines) is 1. The van der Waals surface area contributed by atoms with Gasteiger partial charge in [0.05, 0.1) is 7.11 Å². The van der Waals surface area contributed by atoms with E-state index in [1.165, 1.54) is 18.4 Å². The van der Waals surface area contributed by atoms with E-state index in [4.69, 9.17) is 10.5 Å². The molecule has 17 heavy (non-hydrogen) atoms. The maximum Gasteiger partial charge on any atom is 0.122 e. The second-order valence-corrected chi connectivity index (χ2v) is 4.65. The van der Waals surface area contributed by atoms with Gasteiger partial charge >= 0.3 is 0 Å². The third-order valence-electron chi connectivity index (χ3n) is 3.61. The molecule has 0 amide bonds. The van der Waals surface area contributed by atoms with Crippen LogP contribution < -0.4 is 10.5 Å². The molecule has 1 aliphatic heterocycles. The maximum atomic E-state index is 5.59. The molecule has 1 aromatic carbocycles. The summed E-state index contributed by atoms with van der Waals surface area (Å²) in [6.07, 6.45) is 2.42. The molecule has 1 fully saturated rings. The van der Waals surface area contributed by atoms with E-state index in [9.17, 15) is 0 Å². The van der Waals surface area contributed by atoms with E-state index in [0.29, 0.717) is 5.92 Å². The van der Waals surface area contributed by atoms with Crippen LogP contribution in [0.25, 0.3) is 0 Å². The fourth-order valence-corrected chi connectivity index (χ4v) is 2.65. The summed E-state index contributed by atoms with van der Waals surface area (Å²) >= 11 is 0. The van der Waals surface area contributed by atoms with Crippen LogP contribution in [0.1, 0.15) is 24.3 Å². The molecule has 3 nitrogen and oxygen atoms in total. The summed E-state index contributed by atoms with van der Waals surface area (Å²) in [5.41, 5.74) is 6.95. The lowest BCUT2D eigenvalue weighted by molar-refractivity contribution is 0.216. The Kier molecular flexibility index (Phi) is 4.40. The summed E-state index contributed by atoms with van der Waals surface area (Å²) < 4.78 is 5.44. The number of rotatable bonds is 4. The predicted octanol–water partition coefficient (Wildman–Crippen LogP) is 1.83. The zero-order valence-electron chi connectivity index (χ0n) is 10.6. The van der Waals surface area contributed by atoms with E-state index in [2.05, 4.69) is 23.1 Å². The van der Waals surface area contributed by atoms with Crippen molar-refractivity contribution in [2.45, 2.75) is 18.8 Å². The highest BCUT2D eigenvalue weighted by atomic mass is 16.5. The van der Waals surface area contributed by atoms with Gasteiger partial charge in [0.2, 0.25) is 0 Å². The van der Waals surface area contributed by atoms with Crippen LogP contribution in [0.3, 0.4) is 0 Å². The second kappa shape index (κ2) is 6.03. The first-order valence-corrected chi connectivity index (χ1v) is 6.40. The van der Waals surface area contributed by atoms with E-state index in [0.717, 1.165) is 31.9 Å². The van der Waals surface area contributed by atoms with Gasteiger partial charge in [-0.25, -0.2) is 0 Å². The first-order chi connectivity index (χ1) is 8.35. The molecule has 3 heteroatoms. The van der Waals surface area contributed by atoms with Crippen molar-refractivity contribution in [3.63, 3.8) is 0 Å². The molecule has 1 saturated heterocycles. The number of methoxy groups -OCH3 is 1. The summed E-state index contributed by atoms with van der Waals surface area (Å²) in [7, 11) is 1.75. The normalized spacial score (nSPS) is 18.2. The largest absolute Gasteiger partial charge is 0.496 e. The Balaban J connectivity index is 2.00. The van der Waals surface area contributed by atoms with Gasteiger partial charge < -0.3 is 15.4 Å². The van der Waals surface area contributed by atoms with E-state index in [-0.39, 0.29) is 0 Å². The average Bonchev–Trinajstić information content (AvgIpc) is 2.40. The van der Waals surface area contributed by atoms with Gasteiger partial charge in [0.25, 0.3) is 0 Å². The molecule has 0 saturated carbocycles. The zero-order chi connectivity index (χ0) is 12.1. The Labute approximate surface area is 104 Å². The number of para-hydroxylation sites is 1. The summed E-state index contributed by atoms with van der Waals surface area (Å²) in [4.78, 5) is 2.45. The van der Waals surface area contributed by atoms with Crippen LogP contribution >= 0.6 is 0 Å². The van der Waals surface area contributed by atoms with E-state index in [1.807, 2.05) is 6.07 Å². The average molecular weight is 234 g/mol. The maximum absolute atomic E-state index is 5.59. The van der Waals surface area contributed by atoms with Crippen LogP contribution in [0, 0.1) is 0 Å². The minimum absolute atomic E-state index is 0.639. The monoisotopic (exact) mass is 234 g/mol. The third kappa shape index (κ3) is 2.99. The molecule has 2 N–H and O–H groups in total. The Morgan fingerprint density at radius 1 is 1.29 bits per heavy atom.